The Morgan fingerprint density at radius 3 is 2.88 bits per heavy atom. The van der Waals surface area contributed by atoms with Crippen molar-refractivity contribution in [2.24, 2.45) is 0 Å². The molecule has 2 atom stereocenters. The lowest BCUT2D eigenvalue weighted by atomic mass is 9.98. The summed E-state index contributed by atoms with van der Waals surface area (Å²) in [5, 5.41) is 9.99. The largest absolute Gasteiger partial charge is 0.386 e. The highest BCUT2D eigenvalue weighted by Crippen LogP contribution is 2.35. The van der Waals surface area contributed by atoms with Gasteiger partial charge in [-0.1, -0.05) is 0 Å². The summed E-state index contributed by atoms with van der Waals surface area (Å²) < 4.78 is 0. The number of nitrogens with zero attached hydrogens (tertiary/aromatic N) is 2. The molecule has 3 rings (SSSR count). The molecular formula is C12H12N2O2S. The normalized spacial score (nSPS) is 26.5. The van der Waals surface area contributed by atoms with Crippen LogP contribution in [0.3, 0.4) is 0 Å². The highest BCUT2D eigenvalue weighted by Gasteiger charge is 2.45. The van der Waals surface area contributed by atoms with Gasteiger partial charge in [0.05, 0.1) is 18.6 Å². The molecule has 1 N–H and O–H groups in total. The van der Waals surface area contributed by atoms with Crippen molar-refractivity contribution in [3.63, 3.8) is 0 Å². The number of hydrogen-bond acceptors (Lipinski definition) is 4. The van der Waals surface area contributed by atoms with Gasteiger partial charge in [-0.15, -0.1) is 11.8 Å². The molecule has 1 amide bonds. The molecule has 0 spiro atoms. The minimum atomic E-state index is -0.484. The van der Waals surface area contributed by atoms with Crippen molar-refractivity contribution in [2.75, 3.05) is 5.75 Å². The number of aromatic nitrogens is 1. The second-order valence-corrected chi connectivity index (χ2v) is 5.24. The Hall–Kier alpha value is -1.33. The van der Waals surface area contributed by atoms with E-state index < -0.39 is 6.10 Å². The number of rotatable bonds is 3. The van der Waals surface area contributed by atoms with Gasteiger partial charge >= 0.3 is 0 Å². The summed E-state index contributed by atoms with van der Waals surface area (Å²) in [6, 6.07) is 3.87. The van der Waals surface area contributed by atoms with Crippen LogP contribution in [0.15, 0.2) is 41.2 Å². The van der Waals surface area contributed by atoms with Crippen molar-refractivity contribution in [3.05, 3.63) is 36.3 Å². The molecule has 17 heavy (non-hydrogen) atoms. The number of carbonyl (C=O) groups excluding carboxylic acids is 1. The minimum Gasteiger partial charge on any atom is -0.386 e. The highest BCUT2D eigenvalue weighted by atomic mass is 32.2. The van der Waals surface area contributed by atoms with E-state index in [4.69, 9.17) is 0 Å². The van der Waals surface area contributed by atoms with Crippen LogP contribution in [0.1, 0.15) is 6.42 Å². The van der Waals surface area contributed by atoms with Gasteiger partial charge in [-0.25, -0.2) is 0 Å². The third-order valence-corrected chi connectivity index (χ3v) is 4.22. The maximum atomic E-state index is 11.2. The van der Waals surface area contributed by atoms with E-state index in [0.717, 1.165) is 10.5 Å². The SMILES string of the molecule is O=C1C[C@H]2C(O)C(CSc3ccncc3)=CN12. The fourth-order valence-electron chi connectivity index (χ4n) is 2.11. The van der Waals surface area contributed by atoms with Crippen LogP contribution in [-0.4, -0.2) is 38.8 Å². The van der Waals surface area contributed by atoms with Crippen LogP contribution < -0.4 is 0 Å². The van der Waals surface area contributed by atoms with Crippen molar-refractivity contribution in [3.8, 4) is 0 Å². The zero-order chi connectivity index (χ0) is 11.8. The summed E-state index contributed by atoms with van der Waals surface area (Å²) >= 11 is 1.65. The van der Waals surface area contributed by atoms with Gasteiger partial charge in [0.2, 0.25) is 5.91 Å². The molecule has 1 fully saturated rings. The van der Waals surface area contributed by atoms with Crippen molar-refractivity contribution >= 4 is 17.7 Å². The molecule has 0 radical (unpaired) electrons. The van der Waals surface area contributed by atoms with Gasteiger partial charge in [0.15, 0.2) is 0 Å². The number of aliphatic hydroxyl groups is 1. The molecule has 5 heteroatoms. The van der Waals surface area contributed by atoms with Gasteiger partial charge in [0.25, 0.3) is 0 Å². The van der Waals surface area contributed by atoms with Gasteiger partial charge in [-0.2, -0.15) is 0 Å². The molecule has 0 aromatic carbocycles. The summed E-state index contributed by atoms with van der Waals surface area (Å²) in [6.45, 7) is 0. The minimum absolute atomic E-state index is 0.00413. The topological polar surface area (TPSA) is 53.4 Å². The Bertz CT molecular complexity index is 475. The molecule has 2 aliphatic heterocycles. The molecule has 0 saturated carbocycles. The summed E-state index contributed by atoms with van der Waals surface area (Å²) in [6.07, 6.45) is 5.29. The standard InChI is InChI=1S/C12H12N2O2S/c15-11-5-10-12(16)8(6-14(10)11)7-17-9-1-3-13-4-2-9/h1-4,6,10,12,16H,5,7H2/t10-,12?/m0/s1. The van der Waals surface area contributed by atoms with E-state index in [0.29, 0.717) is 12.2 Å². The van der Waals surface area contributed by atoms with Crippen LogP contribution in [-0.2, 0) is 4.79 Å². The monoisotopic (exact) mass is 248 g/mol. The van der Waals surface area contributed by atoms with E-state index in [2.05, 4.69) is 4.98 Å². The molecule has 1 aromatic rings. The highest BCUT2D eigenvalue weighted by molar-refractivity contribution is 7.99. The number of carbonyl (C=O) groups is 1. The lowest BCUT2D eigenvalue weighted by Gasteiger charge is -2.35. The number of fused-ring (bicyclic) bond motifs is 1. The molecular weight excluding hydrogens is 236 g/mol. The van der Waals surface area contributed by atoms with Gasteiger partial charge < -0.3 is 10.0 Å². The summed E-state index contributed by atoms with van der Waals surface area (Å²) in [7, 11) is 0. The van der Waals surface area contributed by atoms with Crippen molar-refractivity contribution < 1.29 is 9.90 Å². The van der Waals surface area contributed by atoms with E-state index in [1.165, 1.54) is 0 Å². The first-order valence-corrected chi connectivity index (χ1v) is 6.47. The molecule has 4 nitrogen and oxygen atoms in total. The maximum Gasteiger partial charge on any atom is 0.229 e. The van der Waals surface area contributed by atoms with Crippen LogP contribution in [0.25, 0.3) is 0 Å². The average molecular weight is 248 g/mol. The fraction of sp³-hybridized carbons (Fsp3) is 0.333. The third-order valence-electron chi connectivity index (χ3n) is 3.13. The molecule has 0 bridgehead atoms. The zero-order valence-electron chi connectivity index (χ0n) is 9.11. The molecule has 88 valence electrons. The number of hydrogen-bond donors (Lipinski definition) is 1. The first-order chi connectivity index (χ1) is 8.25. The van der Waals surface area contributed by atoms with Crippen LogP contribution >= 0.6 is 11.8 Å². The second-order valence-electron chi connectivity index (χ2n) is 4.19. The van der Waals surface area contributed by atoms with Crippen LogP contribution in [0.5, 0.6) is 0 Å². The van der Waals surface area contributed by atoms with Crippen LogP contribution in [0.2, 0.25) is 0 Å². The van der Waals surface area contributed by atoms with Crippen molar-refractivity contribution in [2.45, 2.75) is 23.5 Å². The van der Waals surface area contributed by atoms with Gasteiger partial charge in [0.1, 0.15) is 0 Å². The van der Waals surface area contributed by atoms with Gasteiger partial charge in [-0.05, 0) is 17.7 Å². The first-order valence-electron chi connectivity index (χ1n) is 5.48. The summed E-state index contributed by atoms with van der Waals surface area (Å²) in [4.78, 5) is 18.0. The number of thioether (sulfide) groups is 1. The number of pyridine rings is 1. The first kappa shape index (κ1) is 10.8. The molecule has 1 aromatic heterocycles. The quantitative estimate of drug-likeness (QED) is 0.641. The zero-order valence-corrected chi connectivity index (χ0v) is 9.93. The Labute approximate surface area is 103 Å². The molecule has 0 aliphatic carbocycles. The van der Waals surface area contributed by atoms with Crippen LogP contribution in [0, 0.1) is 0 Å². The fourth-order valence-corrected chi connectivity index (χ4v) is 3.01. The summed E-state index contributed by atoms with van der Waals surface area (Å²) in [5.41, 5.74) is 0.933. The number of β-lactam (4-membered cyclic amide) rings is 1. The van der Waals surface area contributed by atoms with Gasteiger partial charge in [-0.3, -0.25) is 9.78 Å². The third kappa shape index (κ3) is 1.85. The second kappa shape index (κ2) is 4.16. The van der Waals surface area contributed by atoms with E-state index in [1.54, 1.807) is 35.3 Å². The smallest absolute Gasteiger partial charge is 0.229 e. The van der Waals surface area contributed by atoms with E-state index >= 15 is 0 Å². The Morgan fingerprint density at radius 2 is 2.24 bits per heavy atom. The Balaban J connectivity index is 1.65. The predicted octanol–water partition coefficient (Wildman–Crippen LogP) is 1.03. The number of aliphatic hydroxyl groups excluding tert-OH is 1. The molecule has 2 aliphatic rings. The maximum absolute atomic E-state index is 11.2. The van der Waals surface area contributed by atoms with Crippen LogP contribution in [0.4, 0.5) is 0 Å². The predicted molar refractivity (Wildman–Crippen MR) is 64.3 cm³/mol. The van der Waals surface area contributed by atoms with E-state index in [9.17, 15) is 9.90 Å². The summed E-state index contributed by atoms with van der Waals surface area (Å²) in [5.74, 6) is 0.823. The average Bonchev–Trinajstić information content (AvgIpc) is 2.60. The van der Waals surface area contributed by atoms with Gasteiger partial charge in [0, 0.05) is 29.2 Å². The van der Waals surface area contributed by atoms with Crippen molar-refractivity contribution in [1.82, 2.24) is 9.88 Å². The molecule has 3 heterocycles. The lowest BCUT2D eigenvalue weighted by Crippen LogP contribution is -2.51. The van der Waals surface area contributed by atoms with E-state index in [-0.39, 0.29) is 11.9 Å². The molecule has 1 saturated heterocycles. The Morgan fingerprint density at radius 1 is 1.47 bits per heavy atom. The lowest BCUT2D eigenvalue weighted by molar-refractivity contribution is -0.143. The Kier molecular flexibility index (Phi) is 2.64. The van der Waals surface area contributed by atoms with Crippen molar-refractivity contribution in [1.29, 1.82) is 0 Å². The van der Waals surface area contributed by atoms with E-state index in [1.807, 2.05) is 12.1 Å². The molecule has 1 unspecified atom stereocenters. The number of amides is 1.